The highest BCUT2D eigenvalue weighted by molar-refractivity contribution is 7.22. The first-order valence-electron chi connectivity index (χ1n) is 11.0. The average Bonchev–Trinajstić information content (AvgIpc) is 3.52. The van der Waals surface area contributed by atoms with Gasteiger partial charge in [0.05, 0.1) is 22.3 Å². The Kier molecular flexibility index (Phi) is 5.46. The molecule has 1 saturated carbocycles. The molecule has 0 N–H and O–H groups in total. The molecule has 1 aliphatic heterocycles. The highest BCUT2D eigenvalue weighted by atomic mass is 32.1. The molecule has 0 bridgehead atoms. The Balaban J connectivity index is 1.31. The van der Waals surface area contributed by atoms with Crippen molar-refractivity contribution in [3.63, 3.8) is 0 Å². The summed E-state index contributed by atoms with van der Waals surface area (Å²) in [5.41, 5.74) is 1.11. The zero-order chi connectivity index (χ0) is 19.6. The summed E-state index contributed by atoms with van der Waals surface area (Å²) < 4.78 is 3.41. The highest BCUT2D eigenvalue weighted by Crippen LogP contribution is 2.34. The smallest absolute Gasteiger partial charge is 0.186 e. The van der Waals surface area contributed by atoms with E-state index in [-0.39, 0.29) is 0 Å². The highest BCUT2D eigenvalue weighted by Gasteiger charge is 2.31. The molecule has 3 heterocycles. The van der Waals surface area contributed by atoms with E-state index in [1.54, 1.807) is 11.3 Å². The van der Waals surface area contributed by atoms with Gasteiger partial charge in [0, 0.05) is 26.2 Å². The van der Waals surface area contributed by atoms with Crippen molar-refractivity contribution in [1.82, 2.24) is 30.1 Å². The van der Waals surface area contributed by atoms with E-state index in [9.17, 15) is 0 Å². The number of tetrazole rings is 1. The number of thiazole rings is 1. The van der Waals surface area contributed by atoms with Crippen molar-refractivity contribution in [2.24, 2.45) is 0 Å². The quantitative estimate of drug-likeness (QED) is 0.609. The van der Waals surface area contributed by atoms with E-state index in [0.717, 1.165) is 55.5 Å². The number of rotatable bonds is 6. The monoisotopic (exact) mass is 411 g/mol. The number of nitrogens with zero attached hydrogens (tertiary/aromatic N) is 7. The molecular weight excluding hydrogens is 382 g/mol. The number of hydrogen-bond acceptors (Lipinski definition) is 7. The number of piperazine rings is 1. The Morgan fingerprint density at radius 2 is 1.90 bits per heavy atom. The molecule has 0 amide bonds. The SMILES string of the molecule is CCC[C@H](c1nnnn1C1CCCC1)N1CCN(c2nc3ccccc3s2)CC1. The second-order valence-corrected chi connectivity index (χ2v) is 9.22. The van der Waals surface area contributed by atoms with Gasteiger partial charge in [-0.1, -0.05) is 49.7 Å². The third-order valence-electron chi connectivity index (χ3n) is 6.36. The largest absolute Gasteiger partial charge is 0.345 e. The van der Waals surface area contributed by atoms with E-state index in [0.29, 0.717) is 12.1 Å². The van der Waals surface area contributed by atoms with Crippen LogP contribution in [0.2, 0.25) is 0 Å². The summed E-state index contributed by atoms with van der Waals surface area (Å²) in [4.78, 5) is 9.87. The number of para-hydroxylation sites is 1. The minimum absolute atomic E-state index is 0.313. The summed E-state index contributed by atoms with van der Waals surface area (Å²) in [5.74, 6) is 1.08. The topological polar surface area (TPSA) is 63.0 Å². The van der Waals surface area contributed by atoms with E-state index in [1.165, 1.54) is 30.4 Å². The molecule has 7 nitrogen and oxygen atoms in total. The number of hydrogen-bond donors (Lipinski definition) is 0. The van der Waals surface area contributed by atoms with Gasteiger partial charge in [0.2, 0.25) is 0 Å². The van der Waals surface area contributed by atoms with E-state index >= 15 is 0 Å². The Bertz CT molecular complexity index is 904. The summed E-state index contributed by atoms with van der Waals surface area (Å²) in [6.45, 7) is 6.32. The minimum Gasteiger partial charge on any atom is -0.345 e. The van der Waals surface area contributed by atoms with Gasteiger partial charge < -0.3 is 4.90 Å². The van der Waals surface area contributed by atoms with Crippen molar-refractivity contribution in [1.29, 1.82) is 0 Å². The Hall–Kier alpha value is -2.06. The minimum atomic E-state index is 0.313. The molecule has 1 aliphatic carbocycles. The Morgan fingerprint density at radius 1 is 1.10 bits per heavy atom. The second-order valence-electron chi connectivity index (χ2n) is 8.21. The molecular formula is C21H29N7S. The molecule has 1 aromatic carbocycles. The summed E-state index contributed by atoms with van der Waals surface area (Å²) in [6.07, 6.45) is 7.26. The van der Waals surface area contributed by atoms with Crippen molar-refractivity contribution in [2.45, 2.75) is 57.5 Å². The number of anilines is 1. The second kappa shape index (κ2) is 8.36. The van der Waals surface area contributed by atoms with Crippen LogP contribution in [0.4, 0.5) is 5.13 Å². The van der Waals surface area contributed by atoms with Crippen LogP contribution in [0, 0.1) is 0 Å². The van der Waals surface area contributed by atoms with Gasteiger partial charge in [-0.25, -0.2) is 9.67 Å². The van der Waals surface area contributed by atoms with Gasteiger partial charge in [-0.05, 0) is 41.8 Å². The summed E-state index contributed by atoms with van der Waals surface area (Å²) >= 11 is 1.80. The molecule has 29 heavy (non-hydrogen) atoms. The fourth-order valence-electron chi connectivity index (χ4n) is 4.80. The fraction of sp³-hybridized carbons (Fsp3) is 0.619. The van der Waals surface area contributed by atoms with Crippen LogP contribution in [0.3, 0.4) is 0 Å². The number of benzene rings is 1. The van der Waals surface area contributed by atoms with Crippen LogP contribution in [-0.4, -0.2) is 56.3 Å². The van der Waals surface area contributed by atoms with Crippen molar-refractivity contribution in [2.75, 3.05) is 31.1 Å². The van der Waals surface area contributed by atoms with Crippen LogP contribution >= 0.6 is 11.3 Å². The first kappa shape index (κ1) is 18.9. The maximum Gasteiger partial charge on any atom is 0.186 e. The van der Waals surface area contributed by atoms with Gasteiger partial charge in [0.1, 0.15) is 0 Å². The lowest BCUT2D eigenvalue weighted by molar-refractivity contribution is 0.161. The average molecular weight is 412 g/mol. The predicted octanol–water partition coefficient (Wildman–Crippen LogP) is 4.06. The zero-order valence-electron chi connectivity index (χ0n) is 17.1. The van der Waals surface area contributed by atoms with Crippen LogP contribution in [-0.2, 0) is 0 Å². The van der Waals surface area contributed by atoms with Crippen molar-refractivity contribution in [3.05, 3.63) is 30.1 Å². The number of fused-ring (bicyclic) bond motifs is 1. The lowest BCUT2D eigenvalue weighted by atomic mass is 10.1. The van der Waals surface area contributed by atoms with Gasteiger partial charge >= 0.3 is 0 Å². The van der Waals surface area contributed by atoms with Crippen LogP contribution in [0.15, 0.2) is 24.3 Å². The Labute approximate surface area is 175 Å². The molecule has 3 aromatic rings. The van der Waals surface area contributed by atoms with Crippen LogP contribution in [0.1, 0.15) is 63.4 Å². The molecule has 2 aromatic heterocycles. The molecule has 1 saturated heterocycles. The maximum absolute atomic E-state index is 4.85. The van der Waals surface area contributed by atoms with E-state index < -0.39 is 0 Å². The molecule has 0 unspecified atom stereocenters. The lowest BCUT2D eigenvalue weighted by Crippen LogP contribution is -2.48. The predicted molar refractivity (Wildman–Crippen MR) is 116 cm³/mol. The maximum atomic E-state index is 4.85. The summed E-state index contributed by atoms with van der Waals surface area (Å²) in [7, 11) is 0. The third-order valence-corrected chi connectivity index (χ3v) is 7.45. The normalized spacial score (nSPS) is 20.0. The summed E-state index contributed by atoms with van der Waals surface area (Å²) in [5, 5.41) is 14.1. The lowest BCUT2D eigenvalue weighted by Gasteiger charge is -2.38. The molecule has 8 heteroatoms. The molecule has 0 spiro atoms. The van der Waals surface area contributed by atoms with Crippen molar-refractivity contribution < 1.29 is 0 Å². The number of aromatic nitrogens is 5. The first-order valence-corrected chi connectivity index (χ1v) is 11.8. The van der Waals surface area contributed by atoms with Gasteiger partial charge in [-0.2, -0.15) is 0 Å². The van der Waals surface area contributed by atoms with Crippen LogP contribution < -0.4 is 4.90 Å². The molecule has 2 aliphatic rings. The van der Waals surface area contributed by atoms with E-state index in [1.807, 2.05) is 0 Å². The molecule has 2 fully saturated rings. The van der Waals surface area contributed by atoms with E-state index in [2.05, 4.69) is 61.2 Å². The van der Waals surface area contributed by atoms with Gasteiger partial charge in [-0.15, -0.1) is 5.10 Å². The van der Waals surface area contributed by atoms with Crippen molar-refractivity contribution in [3.8, 4) is 0 Å². The first-order chi connectivity index (χ1) is 14.3. The molecule has 154 valence electrons. The Morgan fingerprint density at radius 3 is 2.66 bits per heavy atom. The standard InChI is InChI=1S/C21H29N7S/c1-2-7-18(20-23-24-25-28(20)16-8-3-4-9-16)26-12-14-27(15-13-26)21-22-17-10-5-6-11-19(17)29-21/h5-6,10-11,16,18H,2-4,7-9,12-15H2,1H3/t18-/m1/s1. The fourth-order valence-corrected chi connectivity index (χ4v) is 5.81. The molecule has 1 atom stereocenters. The third kappa shape index (κ3) is 3.75. The van der Waals surface area contributed by atoms with Crippen LogP contribution in [0.25, 0.3) is 10.2 Å². The van der Waals surface area contributed by atoms with Crippen LogP contribution in [0.5, 0.6) is 0 Å². The molecule has 0 radical (unpaired) electrons. The zero-order valence-corrected chi connectivity index (χ0v) is 17.9. The van der Waals surface area contributed by atoms with Gasteiger partial charge in [0.25, 0.3) is 0 Å². The summed E-state index contributed by atoms with van der Waals surface area (Å²) in [6, 6.07) is 9.22. The molecule has 5 rings (SSSR count). The van der Waals surface area contributed by atoms with Gasteiger partial charge in [-0.3, -0.25) is 4.90 Å². The van der Waals surface area contributed by atoms with Gasteiger partial charge in [0.15, 0.2) is 11.0 Å². The van der Waals surface area contributed by atoms with E-state index in [4.69, 9.17) is 4.98 Å². The van der Waals surface area contributed by atoms with Crippen molar-refractivity contribution >= 4 is 26.7 Å².